The molecule has 9 heteroatoms. The van der Waals surface area contributed by atoms with Crippen molar-refractivity contribution in [3.05, 3.63) is 41.7 Å². The molecular formula is C20H25N3O5S. The van der Waals surface area contributed by atoms with Crippen molar-refractivity contribution in [2.75, 3.05) is 26.8 Å². The van der Waals surface area contributed by atoms with E-state index in [9.17, 15) is 13.2 Å². The van der Waals surface area contributed by atoms with Gasteiger partial charge in [0.05, 0.1) is 19.3 Å². The molecule has 0 radical (unpaired) electrons. The zero-order valence-corrected chi connectivity index (χ0v) is 17.4. The maximum atomic E-state index is 13.3. The highest BCUT2D eigenvalue weighted by Crippen LogP contribution is 2.38. The van der Waals surface area contributed by atoms with Crippen molar-refractivity contribution >= 4 is 15.9 Å². The molecule has 1 amide bonds. The fourth-order valence-electron chi connectivity index (χ4n) is 3.90. The average Bonchev–Trinajstić information content (AvgIpc) is 3.28. The summed E-state index contributed by atoms with van der Waals surface area (Å²) >= 11 is 0. The van der Waals surface area contributed by atoms with E-state index in [4.69, 9.17) is 9.47 Å². The predicted octanol–water partition coefficient (Wildman–Crippen LogP) is 2.07. The molecule has 1 aromatic carbocycles. The van der Waals surface area contributed by atoms with Crippen LogP contribution in [0.1, 0.15) is 41.4 Å². The summed E-state index contributed by atoms with van der Waals surface area (Å²) in [6.07, 6.45) is 4.02. The number of benzene rings is 1. The van der Waals surface area contributed by atoms with Crippen LogP contribution in [0.2, 0.25) is 0 Å². The Labute approximate surface area is 170 Å². The highest BCUT2D eigenvalue weighted by Gasteiger charge is 2.33. The van der Waals surface area contributed by atoms with Gasteiger partial charge in [0.25, 0.3) is 5.91 Å². The smallest absolute Gasteiger partial charge is 0.271 e. The van der Waals surface area contributed by atoms with Crippen molar-refractivity contribution in [1.29, 1.82) is 0 Å². The van der Waals surface area contributed by atoms with Gasteiger partial charge in [0.2, 0.25) is 10.0 Å². The molecule has 2 aliphatic rings. The Bertz CT molecular complexity index is 1030. The Morgan fingerprint density at radius 1 is 1.14 bits per heavy atom. The van der Waals surface area contributed by atoms with Gasteiger partial charge in [-0.1, -0.05) is 6.07 Å². The number of hydrogen-bond acceptors (Lipinski definition) is 5. The molecule has 1 unspecified atom stereocenters. The molecule has 1 aromatic heterocycles. The maximum Gasteiger partial charge on any atom is 0.271 e. The molecule has 4 rings (SSSR count). The second kappa shape index (κ2) is 7.72. The molecule has 0 spiro atoms. The van der Waals surface area contributed by atoms with Gasteiger partial charge in [-0.25, -0.2) is 13.1 Å². The van der Waals surface area contributed by atoms with Crippen LogP contribution in [0, 0.1) is 0 Å². The minimum atomic E-state index is -3.61. The van der Waals surface area contributed by atoms with Gasteiger partial charge in [0.1, 0.15) is 10.6 Å². The van der Waals surface area contributed by atoms with E-state index in [1.807, 2.05) is 23.1 Å². The third-order valence-corrected chi connectivity index (χ3v) is 6.83. The van der Waals surface area contributed by atoms with Gasteiger partial charge in [0, 0.05) is 26.2 Å². The number of likely N-dealkylation sites (tertiary alicyclic amines) is 1. The van der Waals surface area contributed by atoms with Crippen molar-refractivity contribution < 1.29 is 22.7 Å². The molecule has 1 N–H and O–H groups in total. The number of sulfonamides is 1. The van der Waals surface area contributed by atoms with Gasteiger partial charge in [-0.3, -0.25) is 4.79 Å². The maximum absolute atomic E-state index is 13.3. The van der Waals surface area contributed by atoms with Crippen LogP contribution in [0.15, 0.2) is 35.4 Å². The summed E-state index contributed by atoms with van der Waals surface area (Å²) in [5, 5.41) is 0. The van der Waals surface area contributed by atoms with Crippen LogP contribution >= 0.6 is 0 Å². The predicted molar refractivity (Wildman–Crippen MR) is 107 cm³/mol. The first-order chi connectivity index (χ1) is 13.9. The molecule has 1 saturated heterocycles. The summed E-state index contributed by atoms with van der Waals surface area (Å²) in [6, 6.07) is 7.18. The number of carbonyl (C=O) groups excluding carboxylic acids is 1. The second-order valence-corrected chi connectivity index (χ2v) is 9.18. The third-order valence-electron chi connectivity index (χ3n) is 5.45. The summed E-state index contributed by atoms with van der Waals surface area (Å²) in [5.74, 6) is 1.26. The molecule has 0 saturated carbocycles. The van der Waals surface area contributed by atoms with Crippen molar-refractivity contribution in [1.82, 2.24) is 14.2 Å². The van der Waals surface area contributed by atoms with Gasteiger partial charge in [-0.05, 0) is 43.7 Å². The van der Waals surface area contributed by atoms with Crippen molar-refractivity contribution in [2.24, 2.45) is 7.05 Å². The Morgan fingerprint density at radius 3 is 2.66 bits per heavy atom. The zero-order chi connectivity index (χ0) is 20.6. The lowest BCUT2D eigenvalue weighted by molar-refractivity contribution is 0.0725. The molecule has 3 heterocycles. The molecular weight excluding hydrogens is 394 g/mol. The second-order valence-electron chi connectivity index (χ2n) is 7.29. The summed E-state index contributed by atoms with van der Waals surface area (Å²) < 4.78 is 39.5. The number of hydrogen-bond donors (Lipinski definition) is 1. The van der Waals surface area contributed by atoms with Gasteiger partial charge in [-0.2, -0.15) is 0 Å². The average molecular weight is 420 g/mol. The van der Waals surface area contributed by atoms with Crippen molar-refractivity contribution in [2.45, 2.75) is 30.2 Å². The van der Waals surface area contributed by atoms with Crippen LogP contribution in [0.5, 0.6) is 11.5 Å². The summed E-state index contributed by atoms with van der Waals surface area (Å²) in [7, 11) is -0.576. The monoisotopic (exact) mass is 419 g/mol. The quantitative estimate of drug-likeness (QED) is 0.820. The highest BCUT2D eigenvalue weighted by molar-refractivity contribution is 7.89. The van der Waals surface area contributed by atoms with Crippen molar-refractivity contribution in [3.8, 4) is 11.5 Å². The van der Waals surface area contributed by atoms with Crippen LogP contribution in [0.4, 0.5) is 0 Å². The van der Waals surface area contributed by atoms with E-state index in [0.29, 0.717) is 31.2 Å². The number of ether oxygens (including phenoxy) is 2. The fourth-order valence-corrected chi connectivity index (χ4v) is 4.70. The van der Waals surface area contributed by atoms with E-state index in [0.717, 1.165) is 30.6 Å². The third kappa shape index (κ3) is 3.72. The normalized spacial score (nSPS) is 19.2. The first-order valence-electron chi connectivity index (χ1n) is 9.71. The fraction of sp³-hybridized carbons (Fsp3) is 0.450. The van der Waals surface area contributed by atoms with E-state index in [1.165, 1.54) is 19.3 Å². The topological polar surface area (TPSA) is 89.9 Å². The number of rotatable bonds is 4. The van der Waals surface area contributed by atoms with E-state index >= 15 is 0 Å². The molecule has 29 heavy (non-hydrogen) atoms. The number of aromatic nitrogens is 1. The number of nitrogens with one attached hydrogen (secondary N) is 1. The van der Waals surface area contributed by atoms with E-state index in [2.05, 4.69) is 4.72 Å². The summed E-state index contributed by atoms with van der Waals surface area (Å²) in [4.78, 5) is 15.1. The Morgan fingerprint density at radius 2 is 1.90 bits per heavy atom. The number of fused-ring (bicyclic) bond motifs is 1. The molecule has 1 atom stereocenters. The molecule has 0 aliphatic carbocycles. The van der Waals surface area contributed by atoms with Gasteiger partial charge >= 0.3 is 0 Å². The highest BCUT2D eigenvalue weighted by atomic mass is 32.2. The Kier molecular flexibility index (Phi) is 5.26. The van der Waals surface area contributed by atoms with Gasteiger partial charge in [0.15, 0.2) is 11.5 Å². The lowest BCUT2D eigenvalue weighted by Gasteiger charge is -2.26. The Hall–Kier alpha value is -2.52. The lowest BCUT2D eigenvalue weighted by atomic mass is 10.0. The van der Waals surface area contributed by atoms with E-state index in [-0.39, 0.29) is 16.8 Å². The number of carbonyl (C=O) groups is 1. The van der Waals surface area contributed by atoms with Crippen LogP contribution in [-0.4, -0.2) is 50.6 Å². The first kappa shape index (κ1) is 19.8. The van der Waals surface area contributed by atoms with Crippen LogP contribution in [0.3, 0.4) is 0 Å². The SMILES string of the molecule is CNS(=O)(=O)c1cc(C(=O)N2CCCC2c2ccc3c(c2)OCCCO3)n(C)c1. The van der Waals surface area contributed by atoms with Gasteiger partial charge < -0.3 is 18.9 Å². The van der Waals surface area contributed by atoms with E-state index in [1.54, 1.807) is 11.6 Å². The molecule has 156 valence electrons. The number of amides is 1. The molecule has 2 aliphatic heterocycles. The molecule has 0 bridgehead atoms. The van der Waals surface area contributed by atoms with Crippen LogP contribution in [0.25, 0.3) is 0 Å². The Balaban J connectivity index is 1.62. The lowest BCUT2D eigenvalue weighted by Crippen LogP contribution is -2.31. The molecule has 8 nitrogen and oxygen atoms in total. The van der Waals surface area contributed by atoms with Crippen LogP contribution in [-0.2, 0) is 17.1 Å². The summed E-state index contributed by atoms with van der Waals surface area (Å²) in [5.41, 5.74) is 1.34. The molecule has 1 fully saturated rings. The largest absolute Gasteiger partial charge is 0.490 e. The minimum absolute atomic E-state index is 0.0807. The zero-order valence-electron chi connectivity index (χ0n) is 16.6. The van der Waals surface area contributed by atoms with E-state index < -0.39 is 10.0 Å². The summed E-state index contributed by atoms with van der Waals surface area (Å²) in [6.45, 7) is 1.86. The van der Waals surface area contributed by atoms with Crippen molar-refractivity contribution in [3.63, 3.8) is 0 Å². The minimum Gasteiger partial charge on any atom is -0.490 e. The number of nitrogens with zero attached hydrogens (tertiary/aromatic N) is 2. The molecule has 2 aromatic rings. The van der Waals surface area contributed by atoms with Gasteiger partial charge in [-0.15, -0.1) is 0 Å². The number of aryl methyl sites for hydroxylation is 1. The van der Waals surface area contributed by atoms with Crippen LogP contribution < -0.4 is 14.2 Å². The standard InChI is InChI=1S/C20H25N3O5S/c1-21-29(25,26)15-12-17(22(2)13-15)20(24)23-8-3-5-16(23)14-6-7-18-19(11-14)28-10-4-9-27-18/h6-7,11-13,16,21H,3-5,8-10H2,1-2H3. The first-order valence-corrected chi connectivity index (χ1v) is 11.2.